The molecule has 1 fully saturated rings. The third kappa shape index (κ3) is 5.21. The summed E-state index contributed by atoms with van der Waals surface area (Å²) in [6.07, 6.45) is 8.34. The Morgan fingerprint density at radius 3 is 2.78 bits per heavy atom. The average Bonchev–Trinajstić information content (AvgIpc) is 3.58. The van der Waals surface area contributed by atoms with Crippen molar-refractivity contribution in [1.82, 2.24) is 30.1 Å². The predicted octanol–water partition coefficient (Wildman–Crippen LogP) is 5.17. The molecular weight excluding hydrogens is 456 g/mol. The van der Waals surface area contributed by atoms with Crippen LogP contribution in [-0.2, 0) is 13.1 Å². The molecule has 190 valence electrons. The lowest BCUT2D eigenvalue weighted by molar-refractivity contribution is 0.144. The van der Waals surface area contributed by atoms with Crippen LogP contribution in [0.15, 0.2) is 51.9 Å². The van der Waals surface area contributed by atoms with Crippen molar-refractivity contribution < 1.29 is 9.15 Å². The summed E-state index contributed by atoms with van der Waals surface area (Å²) in [4.78, 5) is 18.4. The molecule has 0 saturated heterocycles. The van der Waals surface area contributed by atoms with Crippen LogP contribution in [0.2, 0.25) is 0 Å². The normalized spacial score (nSPS) is 15.5. The van der Waals surface area contributed by atoms with Crippen LogP contribution in [0.3, 0.4) is 0 Å². The number of H-pyrrole nitrogens is 1. The molecule has 1 N–H and O–H groups in total. The first kappa shape index (κ1) is 24.2. The van der Waals surface area contributed by atoms with Crippen molar-refractivity contribution in [2.24, 2.45) is 0 Å². The first-order valence-electron chi connectivity index (χ1n) is 13.0. The van der Waals surface area contributed by atoms with Crippen LogP contribution in [0.5, 0.6) is 5.75 Å². The summed E-state index contributed by atoms with van der Waals surface area (Å²) in [5.74, 6) is 2.47. The summed E-state index contributed by atoms with van der Waals surface area (Å²) in [5.41, 5.74) is 1.37. The van der Waals surface area contributed by atoms with Gasteiger partial charge in [0.1, 0.15) is 11.5 Å². The molecule has 1 saturated carbocycles. The summed E-state index contributed by atoms with van der Waals surface area (Å²) >= 11 is 0. The molecule has 9 heteroatoms. The number of ether oxygens (including phenoxy) is 1. The Kier molecular flexibility index (Phi) is 7.46. The molecular formula is C27H34N6O3. The number of benzene rings is 1. The number of pyridine rings is 1. The van der Waals surface area contributed by atoms with E-state index in [1.165, 1.54) is 19.3 Å². The van der Waals surface area contributed by atoms with Gasteiger partial charge in [-0.25, -0.2) is 4.68 Å². The lowest BCUT2D eigenvalue weighted by Gasteiger charge is -2.31. The summed E-state index contributed by atoms with van der Waals surface area (Å²) in [5, 5.41) is 13.9. The third-order valence-electron chi connectivity index (χ3n) is 7.08. The lowest BCUT2D eigenvalue weighted by Crippen LogP contribution is -2.33. The molecule has 0 amide bonds. The van der Waals surface area contributed by atoms with Crippen LogP contribution in [0.25, 0.3) is 10.9 Å². The highest BCUT2D eigenvalue weighted by molar-refractivity contribution is 5.80. The van der Waals surface area contributed by atoms with Gasteiger partial charge in [0.2, 0.25) is 0 Å². The molecule has 1 aliphatic rings. The lowest BCUT2D eigenvalue weighted by atomic mass is 9.95. The van der Waals surface area contributed by atoms with Crippen LogP contribution >= 0.6 is 0 Å². The van der Waals surface area contributed by atoms with Gasteiger partial charge >= 0.3 is 0 Å². The summed E-state index contributed by atoms with van der Waals surface area (Å²) in [6, 6.07) is 11.8. The second-order valence-electron chi connectivity index (χ2n) is 9.49. The quantitative estimate of drug-likeness (QED) is 0.327. The average molecular weight is 491 g/mol. The van der Waals surface area contributed by atoms with Crippen molar-refractivity contribution in [3.05, 3.63) is 70.2 Å². The fraction of sp³-hybridized carbons (Fsp3) is 0.481. The van der Waals surface area contributed by atoms with E-state index in [9.17, 15) is 4.79 Å². The Labute approximate surface area is 210 Å². The zero-order chi connectivity index (χ0) is 24.9. The van der Waals surface area contributed by atoms with Gasteiger partial charge in [0.25, 0.3) is 5.56 Å². The molecule has 36 heavy (non-hydrogen) atoms. The van der Waals surface area contributed by atoms with Gasteiger partial charge in [0.05, 0.1) is 31.5 Å². The van der Waals surface area contributed by atoms with Gasteiger partial charge in [0.15, 0.2) is 5.82 Å². The molecule has 1 aliphatic carbocycles. The summed E-state index contributed by atoms with van der Waals surface area (Å²) in [7, 11) is 0. The number of aromatic nitrogens is 5. The second kappa shape index (κ2) is 11.1. The number of hydrogen-bond acceptors (Lipinski definition) is 7. The fourth-order valence-electron chi connectivity index (χ4n) is 5.31. The second-order valence-corrected chi connectivity index (χ2v) is 9.49. The Bertz CT molecular complexity index is 1320. The molecule has 9 nitrogen and oxygen atoms in total. The maximum absolute atomic E-state index is 13.1. The Balaban J connectivity index is 1.50. The third-order valence-corrected chi connectivity index (χ3v) is 7.08. The zero-order valence-electron chi connectivity index (χ0n) is 21.0. The van der Waals surface area contributed by atoms with E-state index in [-0.39, 0.29) is 11.6 Å². The monoisotopic (exact) mass is 490 g/mol. The largest absolute Gasteiger partial charge is 0.494 e. The van der Waals surface area contributed by atoms with Gasteiger partial charge in [-0.2, -0.15) is 0 Å². The van der Waals surface area contributed by atoms with Crippen molar-refractivity contribution in [3.8, 4) is 5.75 Å². The Morgan fingerprint density at radius 1 is 1.17 bits per heavy atom. The molecule has 1 atom stereocenters. The highest BCUT2D eigenvalue weighted by Gasteiger charge is 2.29. The van der Waals surface area contributed by atoms with Crippen LogP contribution in [-0.4, -0.2) is 36.7 Å². The number of furan rings is 1. The van der Waals surface area contributed by atoms with E-state index in [4.69, 9.17) is 9.15 Å². The molecule has 0 aliphatic heterocycles. The number of rotatable bonds is 10. The molecule has 1 unspecified atom stereocenters. The number of nitrogens with zero attached hydrogens (tertiary/aromatic N) is 5. The van der Waals surface area contributed by atoms with Gasteiger partial charge in [-0.3, -0.25) is 9.69 Å². The molecule has 0 bridgehead atoms. The van der Waals surface area contributed by atoms with E-state index < -0.39 is 0 Å². The van der Waals surface area contributed by atoms with Crippen molar-refractivity contribution in [3.63, 3.8) is 0 Å². The molecule has 4 aromatic rings. The fourth-order valence-corrected chi connectivity index (χ4v) is 5.31. The zero-order valence-corrected chi connectivity index (χ0v) is 21.0. The predicted molar refractivity (Wildman–Crippen MR) is 137 cm³/mol. The molecule has 3 heterocycles. The van der Waals surface area contributed by atoms with Gasteiger partial charge in [-0.05, 0) is 73.0 Å². The van der Waals surface area contributed by atoms with E-state index in [2.05, 4.69) is 32.3 Å². The highest BCUT2D eigenvalue weighted by Crippen LogP contribution is 2.33. The number of hydrogen-bond donors (Lipinski definition) is 1. The van der Waals surface area contributed by atoms with Crippen molar-refractivity contribution >= 4 is 10.9 Å². The summed E-state index contributed by atoms with van der Waals surface area (Å²) in [6.45, 7) is 5.66. The highest BCUT2D eigenvalue weighted by atomic mass is 16.5. The van der Waals surface area contributed by atoms with E-state index in [1.807, 2.05) is 48.0 Å². The van der Waals surface area contributed by atoms with E-state index in [0.29, 0.717) is 31.3 Å². The SMILES string of the molecule is CCOc1ccc2[nH]c(=O)c(CN(Cc3ccco3)C(CC)c3nnnn3C3CCCCC3)cc2c1. The van der Waals surface area contributed by atoms with E-state index >= 15 is 0 Å². The van der Waals surface area contributed by atoms with Crippen LogP contribution in [0, 0.1) is 0 Å². The van der Waals surface area contributed by atoms with E-state index in [1.54, 1.807) is 6.26 Å². The maximum Gasteiger partial charge on any atom is 0.252 e. The standard InChI is InChI=1S/C27H34N6O3/c1-3-25(26-29-30-31-33(26)21-9-6-5-7-10-21)32(18-23-11-8-14-36-23)17-20-15-19-16-22(35-4-2)12-13-24(19)28-27(20)34/h8,11-16,21,25H,3-7,9-10,17-18H2,1-2H3,(H,28,34). The van der Waals surface area contributed by atoms with Gasteiger partial charge < -0.3 is 14.1 Å². The Hall–Kier alpha value is -3.46. The van der Waals surface area contributed by atoms with Crippen LogP contribution in [0.1, 0.15) is 81.6 Å². The number of nitrogens with one attached hydrogen (secondary N) is 1. The molecule has 5 rings (SSSR count). The topological polar surface area (TPSA) is 102 Å². The minimum Gasteiger partial charge on any atom is -0.494 e. The Morgan fingerprint density at radius 2 is 2.03 bits per heavy atom. The van der Waals surface area contributed by atoms with Crippen LogP contribution < -0.4 is 10.3 Å². The minimum absolute atomic E-state index is 0.0723. The van der Waals surface area contributed by atoms with Crippen molar-refractivity contribution in [2.75, 3.05) is 6.61 Å². The van der Waals surface area contributed by atoms with Crippen molar-refractivity contribution in [1.29, 1.82) is 0 Å². The maximum atomic E-state index is 13.1. The summed E-state index contributed by atoms with van der Waals surface area (Å²) < 4.78 is 13.4. The minimum atomic E-state index is -0.0992. The molecule has 1 aromatic carbocycles. The molecule has 0 spiro atoms. The smallest absolute Gasteiger partial charge is 0.252 e. The number of fused-ring (bicyclic) bond motifs is 1. The van der Waals surface area contributed by atoms with E-state index in [0.717, 1.165) is 47.5 Å². The van der Waals surface area contributed by atoms with Crippen molar-refractivity contribution in [2.45, 2.75) is 77.5 Å². The number of aromatic amines is 1. The van der Waals surface area contributed by atoms with Gasteiger partial charge in [-0.15, -0.1) is 5.10 Å². The van der Waals surface area contributed by atoms with Gasteiger partial charge in [-0.1, -0.05) is 26.2 Å². The number of tetrazole rings is 1. The van der Waals surface area contributed by atoms with Gasteiger partial charge in [0, 0.05) is 23.0 Å². The van der Waals surface area contributed by atoms with Crippen LogP contribution in [0.4, 0.5) is 0 Å². The molecule has 3 aromatic heterocycles. The molecule has 0 radical (unpaired) electrons. The first-order chi connectivity index (χ1) is 17.7. The first-order valence-corrected chi connectivity index (χ1v) is 13.0.